The Balaban J connectivity index is 1.71. The van der Waals surface area contributed by atoms with E-state index in [-0.39, 0.29) is 11.7 Å². The molecule has 0 spiro atoms. The number of para-hydroxylation sites is 1. The van der Waals surface area contributed by atoms with E-state index in [2.05, 4.69) is 18.4 Å². The van der Waals surface area contributed by atoms with Gasteiger partial charge >= 0.3 is 0 Å². The molecule has 0 aliphatic carbocycles. The van der Waals surface area contributed by atoms with Crippen molar-refractivity contribution in [3.63, 3.8) is 0 Å². The van der Waals surface area contributed by atoms with Crippen molar-refractivity contribution in [2.75, 3.05) is 6.54 Å². The standard InChI is InChI=1S/C23H21FN2OS2/c1-15(2)12-26-22(27)21(29-23(26)28)11-17-14-25(20-9-4-3-8-19(17)20)13-16-6-5-7-18(24)10-16/h3-11,14-15H,12-13H2,1-2H3/b21-11-. The number of rotatable bonds is 5. The number of aromatic nitrogens is 1. The van der Waals surface area contributed by atoms with Gasteiger partial charge in [0.2, 0.25) is 0 Å². The van der Waals surface area contributed by atoms with Gasteiger partial charge in [0.05, 0.1) is 4.91 Å². The number of thiocarbonyl (C=S) groups is 1. The van der Waals surface area contributed by atoms with Gasteiger partial charge in [-0.1, -0.05) is 68.2 Å². The second-order valence-electron chi connectivity index (χ2n) is 7.55. The van der Waals surface area contributed by atoms with Crippen molar-refractivity contribution >= 4 is 51.2 Å². The summed E-state index contributed by atoms with van der Waals surface area (Å²) in [5, 5.41) is 1.05. The van der Waals surface area contributed by atoms with E-state index in [4.69, 9.17) is 12.2 Å². The highest BCUT2D eigenvalue weighted by Crippen LogP contribution is 2.35. The van der Waals surface area contributed by atoms with E-state index in [0.717, 1.165) is 22.0 Å². The van der Waals surface area contributed by atoms with Crippen molar-refractivity contribution in [3.05, 3.63) is 76.6 Å². The van der Waals surface area contributed by atoms with Crippen LogP contribution in [0.25, 0.3) is 17.0 Å². The van der Waals surface area contributed by atoms with Crippen LogP contribution in [0.5, 0.6) is 0 Å². The third-order valence-corrected chi connectivity index (χ3v) is 6.15. The fourth-order valence-electron chi connectivity index (χ4n) is 3.52. The van der Waals surface area contributed by atoms with E-state index in [1.54, 1.807) is 17.0 Å². The molecule has 0 saturated carbocycles. The molecule has 29 heavy (non-hydrogen) atoms. The maximum absolute atomic E-state index is 13.6. The Kier molecular flexibility index (Phi) is 5.56. The molecule has 1 amide bonds. The molecular formula is C23H21FN2OS2. The van der Waals surface area contributed by atoms with Crippen molar-refractivity contribution in [2.45, 2.75) is 20.4 Å². The SMILES string of the molecule is CC(C)CN1C(=O)/C(=C/c2cn(Cc3cccc(F)c3)c3ccccc23)SC1=S. The van der Waals surface area contributed by atoms with Crippen LogP contribution in [0.4, 0.5) is 4.39 Å². The molecule has 0 radical (unpaired) electrons. The summed E-state index contributed by atoms with van der Waals surface area (Å²) in [4.78, 5) is 15.2. The number of fused-ring (bicyclic) bond motifs is 1. The largest absolute Gasteiger partial charge is 0.342 e. The fourth-order valence-corrected chi connectivity index (χ4v) is 4.78. The average molecular weight is 425 g/mol. The summed E-state index contributed by atoms with van der Waals surface area (Å²) in [7, 11) is 0. The van der Waals surface area contributed by atoms with E-state index in [1.165, 1.54) is 17.8 Å². The molecule has 0 bridgehead atoms. The minimum Gasteiger partial charge on any atom is -0.342 e. The minimum absolute atomic E-state index is 0.0318. The molecule has 148 valence electrons. The molecule has 4 rings (SSSR count). The molecule has 1 fully saturated rings. The predicted molar refractivity (Wildman–Crippen MR) is 122 cm³/mol. The van der Waals surface area contributed by atoms with Gasteiger partial charge in [-0.2, -0.15) is 0 Å². The Hall–Kier alpha value is -2.44. The van der Waals surface area contributed by atoms with E-state index >= 15 is 0 Å². The molecular weight excluding hydrogens is 403 g/mol. The van der Waals surface area contributed by atoms with Gasteiger partial charge in [-0.15, -0.1) is 0 Å². The molecule has 0 N–H and O–H groups in total. The van der Waals surface area contributed by atoms with Crippen LogP contribution in [0.2, 0.25) is 0 Å². The maximum Gasteiger partial charge on any atom is 0.266 e. The van der Waals surface area contributed by atoms with Gasteiger partial charge in [0, 0.05) is 35.8 Å². The Bertz CT molecular complexity index is 1130. The predicted octanol–water partition coefficient (Wildman–Crippen LogP) is 5.69. The summed E-state index contributed by atoms with van der Waals surface area (Å²) >= 11 is 6.77. The van der Waals surface area contributed by atoms with E-state index < -0.39 is 0 Å². The van der Waals surface area contributed by atoms with Crippen molar-refractivity contribution < 1.29 is 9.18 Å². The monoisotopic (exact) mass is 424 g/mol. The first-order valence-electron chi connectivity index (χ1n) is 9.50. The number of benzene rings is 2. The summed E-state index contributed by atoms with van der Waals surface area (Å²) in [6.45, 7) is 5.33. The summed E-state index contributed by atoms with van der Waals surface area (Å²) in [5.41, 5.74) is 2.89. The van der Waals surface area contributed by atoms with Crippen molar-refractivity contribution in [2.24, 2.45) is 5.92 Å². The van der Waals surface area contributed by atoms with Crippen molar-refractivity contribution in [1.82, 2.24) is 9.47 Å². The maximum atomic E-state index is 13.6. The molecule has 1 aliphatic heterocycles. The van der Waals surface area contributed by atoms with Crippen LogP contribution in [0.15, 0.2) is 59.6 Å². The third-order valence-electron chi connectivity index (χ3n) is 4.77. The number of amides is 1. The lowest BCUT2D eigenvalue weighted by Gasteiger charge is -2.16. The van der Waals surface area contributed by atoms with E-state index in [1.807, 2.05) is 42.6 Å². The molecule has 2 aromatic carbocycles. The first-order valence-corrected chi connectivity index (χ1v) is 10.7. The Labute approximate surface area is 179 Å². The van der Waals surface area contributed by atoms with Crippen molar-refractivity contribution in [3.8, 4) is 0 Å². The highest BCUT2D eigenvalue weighted by molar-refractivity contribution is 8.26. The topological polar surface area (TPSA) is 25.2 Å². The number of halogens is 1. The van der Waals surface area contributed by atoms with Crippen LogP contribution in [0.1, 0.15) is 25.0 Å². The van der Waals surface area contributed by atoms with Crippen LogP contribution in [-0.4, -0.2) is 26.2 Å². The number of thioether (sulfide) groups is 1. The smallest absolute Gasteiger partial charge is 0.266 e. The third kappa shape index (κ3) is 4.14. The van der Waals surface area contributed by atoms with E-state index in [0.29, 0.717) is 28.2 Å². The fraction of sp³-hybridized carbons (Fsp3) is 0.217. The summed E-state index contributed by atoms with van der Waals surface area (Å²) in [5.74, 6) is 0.0775. The lowest BCUT2D eigenvalue weighted by molar-refractivity contribution is -0.122. The number of nitrogens with zero attached hydrogens (tertiary/aromatic N) is 2. The minimum atomic E-state index is -0.243. The first kappa shape index (κ1) is 19.9. The van der Waals surface area contributed by atoms with Crippen LogP contribution < -0.4 is 0 Å². The van der Waals surface area contributed by atoms with Crippen LogP contribution >= 0.6 is 24.0 Å². The average Bonchev–Trinajstić information content (AvgIpc) is 3.14. The Morgan fingerprint density at radius 3 is 2.72 bits per heavy atom. The molecule has 1 aliphatic rings. The highest BCUT2D eigenvalue weighted by Gasteiger charge is 2.32. The molecule has 3 nitrogen and oxygen atoms in total. The van der Waals surface area contributed by atoms with Crippen LogP contribution in [-0.2, 0) is 11.3 Å². The Morgan fingerprint density at radius 1 is 1.17 bits per heavy atom. The first-order chi connectivity index (χ1) is 13.9. The van der Waals surface area contributed by atoms with Gasteiger partial charge in [-0.3, -0.25) is 9.69 Å². The van der Waals surface area contributed by atoms with E-state index in [9.17, 15) is 9.18 Å². The molecule has 6 heteroatoms. The van der Waals surface area contributed by atoms with Gasteiger partial charge in [-0.25, -0.2) is 4.39 Å². The van der Waals surface area contributed by atoms with Crippen LogP contribution in [0, 0.1) is 11.7 Å². The van der Waals surface area contributed by atoms with Gasteiger partial charge in [0.15, 0.2) is 0 Å². The normalized spacial score (nSPS) is 16.0. The zero-order valence-electron chi connectivity index (χ0n) is 16.3. The lowest BCUT2D eigenvalue weighted by atomic mass is 10.1. The molecule has 1 aromatic heterocycles. The summed E-state index contributed by atoms with van der Waals surface area (Å²) in [6, 6.07) is 14.7. The molecule has 3 aromatic rings. The van der Waals surface area contributed by atoms with Crippen LogP contribution in [0.3, 0.4) is 0 Å². The summed E-state index contributed by atoms with van der Waals surface area (Å²) in [6.07, 6.45) is 3.94. The highest BCUT2D eigenvalue weighted by atomic mass is 32.2. The zero-order chi connectivity index (χ0) is 20.5. The number of carbonyl (C=O) groups is 1. The molecule has 0 atom stereocenters. The molecule has 0 unspecified atom stereocenters. The van der Waals surface area contributed by atoms with Crippen molar-refractivity contribution in [1.29, 1.82) is 0 Å². The molecule has 2 heterocycles. The second-order valence-corrected chi connectivity index (χ2v) is 9.22. The number of hydrogen-bond donors (Lipinski definition) is 0. The molecule has 1 saturated heterocycles. The van der Waals surface area contributed by atoms with Gasteiger partial charge < -0.3 is 4.57 Å². The van der Waals surface area contributed by atoms with Gasteiger partial charge in [0.1, 0.15) is 10.1 Å². The van der Waals surface area contributed by atoms with Gasteiger partial charge in [0.25, 0.3) is 5.91 Å². The second kappa shape index (κ2) is 8.13. The lowest BCUT2D eigenvalue weighted by Crippen LogP contribution is -2.31. The zero-order valence-corrected chi connectivity index (χ0v) is 17.9. The summed E-state index contributed by atoms with van der Waals surface area (Å²) < 4.78 is 16.3. The number of carbonyl (C=O) groups excluding carboxylic acids is 1. The quantitative estimate of drug-likeness (QED) is 0.389. The number of hydrogen-bond acceptors (Lipinski definition) is 3. The van der Waals surface area contributed by atoms with Gasteiger partial charge in [-0.05, 0) is 35.8 Å². The Morgan fingerprint density at radius 2 is 1.97 bits per heavy atom.